The van der Waals surface area contributed by atoms with Crippen LogP contribution in [0.5, 0.6) is 0 Å². The van der Waals surface area contributed by atoms with E-state index in [2.05, 4.69) is 15.3 Å². The molecule has 2 rings (SSSR count). The van der Waals surface area contributed by atoms with Crippen molar-refractivity contribution < 1.29 is 4.79 Å². The summed E-state index contributed by atoms with van der Waals surface area (Å²) in [5, 5.41) is 2.69. The molecule has 0 aliphatic rings. The van der Waals surface area contributed by atoms with E-state index in [1.165, 1.54) is 6.33 Å². The average Bonchev–Trinajstić information content (AvgIpc) is 2.31. The van der Waals surface area contributed by atoms with Crippen LogP contribution in [-0.2, 0) is 0 Å². The maximum absolute atomic E-state index is 11.6. The van der Waals surface area contributed by atoms with Crippen molar-refractivity contribution in [3.63, 3.8) is 0 Å². The van der Waals surface area contributed by atoms with Gasteiger partial charge in [-0.15, -0.1) is 0 Å². The zero-order valence-electron chi connectivity index (χ0n) is 7.92. The standard InChI is InChI=1S/C11H9N3O/c15-11(9-4-2-1-3-5-9)14-10-6-12-8-13-7-10/h1-8H,(H,14,15). The summed E-state index contributed by atoms with van der Waals surface area (Å²) in [7, 11) is 0. The maximum atomic E-state index is 11.6. The van der Waals surface area contributed by atoms with Crippen molar-refractivity contribution >= 4 is 11.6 Å². The molecular formula is C11H9N3O. The van der Waals surface area contributed by atoms with Gasteiger partial charge in [-0.3, -0.25) is 4.79 Å². The first-order chi connectivity index (χ1) is 7.36. The van der Waals surface area contributed by atoms with Crippen LogP contribution in [-0.4, -0.2) is 15.9 Å². The van der Waals surface area contributed by atoms with Crippen LogP contribution in [0.2, 0.25) is 0 Å². The fraction of sp³-hybridized carbons (Fsp3) is 0. The van der Waals surface area contributed by atoms with Crippen molar-refractivity contribution in [2.24, 2.45) is 0 Å². The fourth-order valence-electron chi connectivity index (χ4n) is 1.16. The molecule has 1 aromatic heterocycles. The lowest BCUT2D eigenvalue weighted by atomic mass is 10.2. The summed E-state index contributed by atoms with van der Waals surface area (Å²) in [6.07, 6.45) is 4.51. The van der Waals surface area contributed by atoms with Crippen LogP contribution in [0.4, 0.5) is 5.69 Å². The van der Waals surface area contributed by atoms with Crippen LogP contribution >= 0.6 is 0 Å². The zero-order valence-corrected chi connectivity index (χ0v) is 7.92. The quantitative estimate of drug-likeness (QED) is 0.801. The fourth-order valence-corrected chi connectivity index (χ4v) is 1.16. The molecule has 0 aliphatic carbocycles. The van der Waals surface area contributed by atoms with Gasteiger partial charge in [-0.2, -0.15) is 0 Å². The van der Waals surface area contributed by atoms with E-state index in [1.54, 1.807) is 24.5 Å². The molecule has 0 spiro atoms. The number of carbonyl (C=O) groups is 1. The van der Waals surface area contributed by atoms with Gasteiger partial charge >= 0.3 is 0 Å². The van der Waals surface area contributed by atoms with Crippen molar-refractivity contribution in [3.8, 4) is 0 Å². The average molecular weight is 199 g/mol. The Balaban J connectivity index is 2.12. The van der Waals surface area contributed by atoms with Gasteiger partial charge in [0, 0.05) is 5.56 Å². The number of amides is 1. The first kappa shape index (κ1) is 9.33. The van der Waals surface area contributed by atoms with Crippen molar-refractivity contribution in [2.75, 3.05) is 5.32 Å². The number of rotatable bonds is 2. The monoisotopic (exact) mass is 199 g/mol. The van der Waals surface area contributed by atoms with Crippen LogP contribution in [0.1, 0.15) is 10.4 Å². The van der Waals surface area contributed by atoms with Crippen molar-refractivity contribution in [1.29, 1.82) is 0 Å². The molecule has 0 atom stereocenters. The van der Waals surface area contributed by atoms with E-state index in [0.29, 0.717) is 11.3 Å². The highest BCUT2D eigenvalue weighted by atomic mass is 16.1. The lowest BCUT2D eigenvalue weighted by Gasteiger charge is -2.02. The smallest absolute Gasteiger partial charge is 0.255 e. The molecular weight excluding hydrogens is 190 g/mol. The van der Waals surface area contributed by atoms with E-state index in [4.69, 9.17) is 0 Å². The first-order valence-electron chi connectivity index (χ1n) is 4.47. The molecule has 0 saturated carbocycles. The summed E-state index contributed by atoms with van der Waals surface area (Å²) in [6, 6.07) is 8.99. The summed E-state index contributed by atoms with van der Waals surface area (Å²) < 4.78 is 0. The molecule has 0 aliphatic heterocycles. The minimum Gasteiger partial charge on any atom is -0.319 e. The van der Waals surface area contributed by atoms with Gasteiger partial charge in [0.2, 0.25) is 0 Å². The maximum Gasteiger partial charge on any atom is 0.255 e. The van der Waals surface area contributed by atoms with Gasteiger partial charge in [-0.05, 0) is 12.1 Å². The topological polar surface area (TPSA) is 54.9 Å². The van der Waals surface area contributed by atoms with Gasteiger partial charge in [0.25, 0.3) is 5.91 Å². The minimum atomic E-state index is -0.162. The van der Waals surface area contributed by atoms with E-state index in [-0.39, 0.29) is 5.91 Å². The predicted octanol–water partition coefficient (Wildman–Crippen LogP) is 1.73. The van der Waals surface area contributed by atoms with Crippen LogP contribution in [0.15, 0.2) is 49.1 Å². The largest absolute Gasteiger partial charge is 0.319 e. The van der Waals surface area contributed by atoms with Crippen LogP contribution in [0.3, 0.4) is 0 Å². The minimum absolute atomic E-state index is 0.162. The molecule has 4 heteroatoms. The van der Waals surface area contributed by atoms with Crippen LogP contribution in [0, 0.1) is 0 Å². The van der Waals surface area contributed by atoms with E-state index < -0.39 is 0 Å². The summed E-state index contributed by atoms with van der Waals surface area (Å²) in [5.41, 5.74) is 1.20. The number of nitrogens with zero attached hydrogens (tertiary/aromatic N) is 2. The zero-order chi connectivity index (χ0) is 10.5. The highest BCUT2D eigenvalue weighted by Gasteiger charge is 2.04. The summed E-state index contributed by atoms with van der Waals surface area (Å²) in [5.74, 6) is -0.162. The molecule has 0 saturated heterocycles. The molecule has 0 unspecified atom stereocenters. The number of aromatic nitrogens is 2. The molecule has 74 valence electrons. The van der Waals surface area contributed by atoms with Crippen LogP contribution < -0.4 is 5.32 Å². The normalized spacial score (nSPS) is 9.60. The van der Waals surface area contributed by atoms with Gasteiger partial charge in [0.05, 0.1) is 18.1 Å². The highest BCUT2D eigenvalue weighted by molar-refractivity contribution is 6.04. The second-order valence-corrected chi connectivity index (χ2v) is 2.95. The van der Waals surface area contributed by atoms with Crippen LogP contribution in [0.25, 0.3) is 0 Å². The summed E-state index contributed by atoms with van der Waals surface area (Å²) in [6.45, 7) is 0. The van der Waals surface area contributed by atoms with Gasteiger partial charge in [-0.25, -0.2) is 9.97 Å². The molecule has 1 amide bonds. The Bertz CT molecular complexity index is 442. The molecule has 15 heavy (non-hydrogen) atoms. The van der Waals surface area contributed by atoms with E-state index in [1.807, 2.05) is 18.2 Å². The molecule has 0 fully saturated rings. The number of hydrogen-bond acceptors (Lipinski definition) is 3. The molecule has 1 aromatic carbocycles. The number of carbonyl (C=O) groups excluding carboxylic acids is 1. The van der Waals surface area contributed by atoms with E-state index in [9.17, 15) is 4.79 Å². The summed E-state index contributed by atoms with van der Waals surface area (Å²) in [4.78, 5) is 19.3. The predicted molar refractivity (Wildman–Crippen MR) is 56.4 cm³/mol. The number of nitrogens with one attached hydrogen (secondary N) is 1. The number of anilines is 1. The van der Waals surface area contributed by atoms with E-state index in [0.717, 1.165) is 0 Å². The second kappa shape index (κ2) is 4.32. The third-order valence-corrected chi connectivity index (χ3v) is 1.85. The third-order valence-electron chi connectivity index (χ3n) is 1.85. The van der Waals surface area contributed by atoms with Gasteiger partial charge < -0.3 is 5.32 Å². The summed E-state index contributed by atoms with van der Waals surface area (Å²) >= 11 is 0. The Morgan fingerprint density at radius 2 is 1.73 bits per heavy atom. The molecule has 1 heterocycles. The molecule has 4 nitrogen and oxygen atoms in total. The molecule has 2 aromatic rings. The van der Waals surface area contributed by atoms with Gasteiger partial charge in [-0.1, -0.05) is 18.2 Å². The lowest BCUT2D eigenvalue weighted by molar-refractivity contribution is 0.102. The third kappa shape index (κ3) is 2.37. The second-order valence-electron chi connectivity index (χ2n) is 2.95. The Kier molecular flexibility index (Phi) is 2.69. The molecule has 0 radical (unpaired) electrons. The van der Waals surface area contributed by atoms with Crippen molar-refractivity contribution in [2.45, 2.75) is 0 Å². The number of hydrogen-bond donors (Lipinski definition) is 1. The van der Waals surface area contributed by atoms with Crippen molar-refractivity contribution in [1.82, 2.24) is 9.97 Å². The lowest BCUT2D eigenvalue weighted by Crippen LogP contribution is -2.11. The Morgan fingerprint density at radius 1 is 1.07 bits per heavy atom. The Morgan fingerprint density at radius 3 is 2.40 bits per heavy atom. The Labute approximate surface area is 87.0 Å². The Hall–Kier alpha value is -2.23. The van der Waals surface area contributed by atoms with Gasteiger partial charge in [0.15, 0.2) is 0 Å². The first-order valence-corrected chi connectivity index (χ1v) is 4.47. The molecule has 1 N–H and O–H groups in total. The van der Waals surface area contributed by atoms with Crippen molar-refractivity contribution in [3.05, 3.63) is 54.6 Å². The number of benzene rings is 1. The molecule has 0 bridgehead atoms. The SMILES string of the molecule is O=C(Nc1cncnc1)c1ccccc1. The highest BCUT2D eigenvalue weighted by Crippen LogP contribution is 2.05. The van der Waals surface area contributed by atoms with Gasteiger partial charge in [0.1, 0.15) is 6.33 Å². The van der Waals surface area contributed by atoms with E-state index >= 15 is 0 Å².